The summed E-state index contributed by atoms with van der Waals surface area (Å²) >= 11 is 0. The number of pyridine rings is 1. The molecule has 0 bridgehead atoms. The third-order valence-electron chi connectivity index (χ3n) is 3.65. The van der Waals surface area contributed by atoms with E-state index in [0.717, 1.165) is 22.6 Å². The van der Waals surface area contributed by atoms with E-state index in [-0.39, 0.29) is 11.9 Å². The van der Waals surface area contributed by atoms with E-state index in [1.807, 2.05) is 54.1 Å². The first kappa shape index (κ1) is 15.0. The van der Waals surface area contributed by atoms with Gasteiger partial charge in [0.25, 0.3) is 0 Å². The molecule has 0 saturated carbocycles. The predicted octanol–water partition coefficient (Wildman–Crippen LogP) is 3.13. The van der Waals surface area contributed by atoms with E-state index in [0.29, 0.717) is 0 Å². The van der Waals surface area contributed by atoms with Crippen molar-refractivity contribution in [2.75, 3.05) is 0 Å². The summed E-state index contributed by atoms with van der Waals surface area (Å²) in [5.41, 5.74) is 3.04. The minimum Gasteiger partial charge on any atom is -0.350 e. The van der Waals surface area contributed by atoms with Crippen LogP contribution >= 0.6 is 0 Å². The standard InChI is InChI=1S/C18H18N4O/c1-13(21-14(2)23)15-5-7-17(8-6-15)22-11-10-20-18(22)16-4-3-9-19-12-16/h3-13H,1-2H3,(H,21,23). The molecule has 0 fully saturated rings. The second kappa shape index (κ2) is 6.44. The van der Waals surface area contributed by atoms with Crippen LogP contribution in [-0.2, 0) is 4.79 Å². The van der Waals surface area contributed by atoms with Gasteiger partial charge in [0.1, 0.15) is 5.82 Å². The van der Waals surface area contributed by atoms with E-state index in [9.17, 15) is 4.79 Å². The van der Waals surface area contributed by atoms with Gasteiger partial charge < -0.3 is 5.32 Å². The Balaban J connectivity index is 1.89. The van der Waals surface area contributed by atoms with Crippen molar-refractivity contribution in [2.24, 2.45) is 0 Å². The van der Waals surface area contributed by atoms with Crippen LogP contribution in [0.1, 0.15) is 25.5 Å². The van der Waals surface area contributed by atoms with Gasteiger partial charge in [-0.2, -0.15) is 0 Å². The monoisotopic (exact) mass is 306 g/mol. The highest BCUT2D eigenvalue weighted by Crippen LogP contribution is 2.22. The Morgan fingerprint density at radius 1 is 1.17 bits per heavy atom. The molecule has 0 radical (unpaired) electrons. The van der Waals surface area contributed by atoms with E-state index in [1.54, 1.807) is 18.6 Å². The topological polar surface area (TPSA) is 59.8 Å². The van der Waals surface area contributed by atoms with E-state index in [4.69, 9.17) is 0 Å². The van der Waals surface area contributed by atoms with Crippen LogP contribution in [0.2, 0.25) is 0 Å². The summed E-state index contributed by atoms with van der Waals surface area (Å²) in [5, 5.41) is 2.88. The van der Waals surface area contributed by atoms with Crippen LogP contribution in [0.4, 0.5) is 0 Å². The Hall–Kier alpha value is -2.95. The first-order valence-electron chi connectivity index (χ1n) is 7.46. The number of amides is 1. The van der Waals surface area contributed by atoms with Gasteiger partial charge >= 0.3 is 0 Å². The number of nitrogens with zero attached hydrogens (tertiary/aromatic N) is 3. The number of hydrogen-bond donors (Lipinski definition) is 1. The molecule has 1 N–H and O–H groups in total. The smallest absolute Gasteiger partial charge is 0.217 e. The van der Waals surface area contributed by atoms with Gasteiger partial charge in [0.2, 0.25) is 5.91 Å². The van der Waals surface area contributed by atoms with Crippen LogP contribution in [0.3, 0.4) is 0 Å². The maximum Gasteiger partial charge on any atom is 0.217 e. The van der Waals surface area contributed by atoms with E-state index in [1.165, 1.54) is 6.92 Å². The Morgan fingerprint density at radius 2 is 1.96 bits per heavy atom. The molecule has 1 aromatic carbocycles. The minimum absolute atomic E-state index is 0.0119. The summed E-state index contributed by atoms with van der Waals surface area (Å²) in [5.74, 6) is 0.816. The van der Waals surface area contributed by atoms with Gasteiger partial charge in [0.15, 0.2) is 0 Å². The van der Waals surface area contributed by atoms with Crippen molar-refractivity contribution in [1.29, 1.82) is 0 Å². The zero-order chi connectivity index (χ0) is 16.2. The van der Waals surface area contributed by atoms with E-state index in [2.05, 4.69) is 15.3 Å². The number of rotatable bonds is 4. The van der Waals surface area contributed by atoms with Crippen molar-refractivity contribution in [3.8, 4) is 17.1 Å². The summed E-state index contributed by atoms with van der Waals surface area (Å²) in [4.78, 5) is 19.7. The van der Waals surface area contributed by atoms with Crippen molar-refractivity contribution in [3.63, 3.8) is 0 Å². The number of hydrogen-bond acceptors (Lipinski definition) is 3. The molecule has 116 valence electrons. The second-order valence-corrected chi connectivity index (χ2v) is 5.38. The molecule has 2 heterocycles. The molecule has 0 saturated heterocycles. The normalized spacial score (nSPS) is 11.9. The summed E-state index contributed by atoms with van der Waals surface area (Å²) in [6.07, 6.45) is 7.24. The molecule has 2 aromatic heterocycles. The maximum atomic E-state index is 11.2. The molecule has 3 rings (SSSR count). The SMILES string of the molecule is CC(=O)NC(C)c1ccc(-n2ccnc2-c2cccnc2)cc1. The van der Waals surface area contributed by atoms with Crippen LogP contribution in [-0.4, -0.2) is 20.4 Å². The van der Waals surface area contributed by atoms with Crippen molar-refractivity contribution in [2.45, 2.75) is 19.9 Å². The van der Waals surface area contributed by atoms with E-state index >= 15 is 0 Å². The van der Waals surface area contributed by atoms with Gasteiger partial charge in [-0.05, 0) is 36.8 Å². The second-order valence-electron chi connectivity index (χ2n) is 5.38. The Bertz CT molecular complexity index is 793. The lowest BCUT2D eigenvalue weighted by molar-refractivity contribution is -0.119. The molecule has 23 heavy (non-hydrogen) atoms. The highest BCUT2D eigenvalue weighted by atomic mass is 16.1. The molecule has 5 heteroatoms. The molecule has 3 aromatic rings. The highest BCUT2D eigenvalue weighted by Gasteiger charge is 2.10. The van der Waals surface area contributed by atoms with Gasteiger partial charge in [-0.25, -0.2) is 4.98 Å². The van der Waals surface area contributed by atoms with Crippen molar-refractivity contribution < 1.29 is 4.79 Å². The average molecular weight is 306 g/mol. The Labute approximate surface area is 135 Å². The zero-order valence-electron chi connectivity index (χ0n) is 13.1. The average Bonchev–Trinajstić information content (AvgIpc) is 3.05. The van der Waals surface area contributed by atoms with Crippen molar-refractivity contribution in [1.82, 2.24) is 19.9 Å². The van der Waals surface area contributed by atoms with Crippen molar-refractivity contribution >= 4 is 5.91 Å². The van der Waals surface area contributed by atoms with Crippen LogP contribution in [0, 0.1) is 0 Å². The van der Waals surface area contributed by atoms with Gasteiger partial charge in [0.05, 0.1) is 6.04 Å². The molecule has 0 aliphatic heterocycles. The molecule has 0 spiro atoms. The number of nitrogens with one attached hydrogen (secondary N) is 1. The molecule has 0 aliphatic rings. The molecular weight excluding hydrogens is 288 g/mol. The summed E-state index contributed by atoms with van der Waals surface area (Å²) < 4.78 is 2.02. The van der Waals surface area contributed by atoms with Crippen LogP contribution in [0.15, 0.2) is 61.2 Å². The Morgan fingerprint density at radius 3 is 2.61 bits per heavy atom. The predicted molar refractivity (Wildman–Crippen MR) is 89.0 cm³/mol. The number of benzene rings is 1. The van der Waals surface area contributed by atoms with Crippen LogP contribution in [0.25, 0.3) is 17.1 Å². The first-order valence-corrected chi connectivity index (χ1v) is 7.46. The first-order chi connectivity index (χ1) is 11.1. The number of carbonyl (C=O) groups excluding carboxylic acids is 1. The van der Waals surface area contributed by atoms with Gasteiger partial charge in [-0.1, -0.05) is 12.1 Å². The fourth-order valence-corrected chi connectivity index (χ4v) is 2.53. The maximum absolute atomic E-state index is 11.2. The third-order valence-corrected chi connectivity index (χ3v) is 3.65. The van der Waals surface area contributed by atoms with Gasteiger partial charge in [0, 0.05) is 43.0 Å². The number of carbonyl (C=O) groups is 1. The molecule has 1 atom stereocenters. The molecule has 1 unspecified atom stereocenters. The fraction of sp³-hybridized carbons (Fsp3) is 0.167. The van der Waals surface area contributed by atoms with Gasteiger partial charge in [-0.15, -0.1) is 0 Å². The lowest BCUT2D eigenvalue weighted by Crippen LogP contribution is -2.23. The summed E-state index contributed by atoms with van der Waals surface area (Å²) in [7, 11) is 0. The lowest BCUT2D eigenvalue weighted by Gasteiger charge is -2.14. The summed E-state index contributed by atoms with van der Waals surface area (Å²) in [6, 6.07) is 11.9. The van der Waals surface area contributed by atoms with E-state index < -0.39 is 0 Å². The van der Waals surface area contributed by atoms with Crippen LogP contribution < -0.4 is 5.32 Å². The molecule has 1 amide bonds. The van der Waals surface area contributed by atoms with Crippen molar-refractivity contribution in [3.05, 3.63) is 66.7 Å². The number of imidazole rings is 1. The van der Waals surface area contributed by atoms with Gasteiger partial charge in [-0.3, -0.25) is 14.3 Å². The third kappa shape index (κ3) is 3.29. The quantitative estimate of drug-likeness (QED) is 0.805. The Kier molecular flexibility index (Phi) is 4.19. The fourth-order valence-electron chi connectivity index (χ4n) is 2.53. The largest absolute Gasteiger partial charge is 0.350 e. The zero-order valence-corrected chi connectivity index (χ0v) is 13.1. The number of aromatic nitrogens is 3. The highest BCUT2D eigenvalue weighted by molar-refractivity contribution is 5.73. The van der Waals surface area contributed by atoms with Crippen LogP contribution in [0.5, 0.6) is 0 Å². The molecular formula is C18H18N4O. The molecule has 5 nitrogen and oxygen atoms in total. The summed E-state index contributed by atoms with van der Waals surface area (Å²) in [6.45, 7) is 3.49. The minimum atomic E-state index is -0.0324. The molecule has 0 aliphatic carbocycles. The lowest BCUT2D eigenvalue weighted by atomic mass is 10.1.